The molecule has 1 unspecified atom stereocenters. The van der Waals surface area contributed by atoms with Gasteiger partial charge in [0.15, 0.2) is 6.29 Å². The van der Waals surface area contributed by atoms with Gasteiger partial charge in [0.1, 0.15) is 12.2 Å². The third kappa shape index (κ3) is 1.07. The highest BCUT2D eigenvalue weighted by atomic mass is 16.6. The summed E-state index contributed by atoms with van der Waals surface area (Å²) in [5.41, 5.74) is 0. The monoisotopic (exact) mass is 134 g/mol. The lowest BCUT2D eigenvalue weighted by molar-refractivity contribution is -0.124. The summed E-state index contributed by atoms with van der Waals surface area (Å²) in [5, 5.41) is 26.4. The van der Waals surface area contributed by atoms with E-state index in [0.29, 0.717) is 0 Å². The zero-order valence-corrected chi connectivity index (χ0v) is 5.06. The van der Waals surface area contributed by atoms with Crippen LogP contribution in [-0.4, -0.2) is 39.9 Å². The summed E-state index contributed by atoms with van der Waals surface area (Å²) >= 11 is 0. The number of aliphatic hydroxyl groups excluding tert-OH is 3. The molecule has 0 amide bonds. The maximum Gasteiger partial charge on any atom is 0.183 e. The molecule has 0 bridgehead atoms. The van der Waals surface area contributed by atoms with Crippen LogP contribution in [0.5, 0.6) is 0 Å². The molecule has 1 saturated heterocycles. The minimum absolute atomic E-state index is 0.477. The molecular weight excluding hydrogens is 124 g/mol. The summed E-state index contributed by atoms with van der Waals surface area (Å²) in [6.07, 6.45) is -3.81. The molecule has 4 heteroatoms. The van der Waals surface area contributed by atoms with E-state index in [0.717, 1.165) is 0 Å². The number of hydrogen-bond acceptors (Lipinski definition) is 4. The smallest absolute Gasteiger partial charge is 0.183 e. The first kappa shape index (κ1) is 6.95. The highest BCUT2D eigenvalue weighted by Gasteiger charge is 2.38. The molecular formula is C5H10O4. The van der Waals surface area contributed by atoms with Crippen molar-refractivity contribution in [3.05, 3.63) is 0 Å². The first-order valence-corrected chi connectivity index (χ1v) is 2.82. The second-order valence-corrected chi connectivity index (χ2v) is 2.21. The van der Waals surface area contributed by atoms with E-state index in [1.807, 2.05) is 0 Å². The Kier molecular flexibility index (Phi) is 1.72. The van der Waals surface area contributed by atoms with Crippen LogP contribution in [0.25, 0.3) is 0 Å². The van der Waals surface area contributed by atoms with Crippen LogP contribution in [0.4, 0.5) is 0 Å². The number of hydrogen-bond donors (Lipinski definition) is 3. The van der Waals surface area contributed by atoms with Crippen LogP contribution in [0, 0.1) is 0 Å². The maximum atomic E-state index is 8.90. The molecule has 0 radical (unpaired) electrons. The topological polar surface area (TPSA) is 69.9 Å². The SMILES string of the molecule is C[C@H]1OC(O)[C@@H](O)[C@@H]1O. The third-order valence-electron chi connectivity index (χ3n) is 1.48. The van der Waals surface area contributed by atoms with Crippen LogP contribution < -0.4 is 0 Å². The van der Waals surface area contributed by atoms with Gasteiger partial charge in [0.05, 0.1) is 6.10 Å². The second-order valence-electron chi connectivity index (χ2n) is 2.21. The molecule has 0 aliphatic carbocycles. The van der Waals surface area contributed by atoms with E-state index >= 15 is 0 Å². The molecule has 4 nitrogen and oxygen atoms in total. The molecule has 0 spiro atoms. The zero-order valence-electron chi connectivity index (χ0n) is 5.06. The molecule has 1 aliphatic heterocycles. The van der Waals surface area contributed by atoms with Gasteiger partial charge in [0.25, 0.3) is 0 Å². The predicted molar refractivity (Wildman–Crippen MR) is 28.6 cm³/mol. The second kappa shape index (κ2) is 2.22. The lowest BCUT2D eigenvalue weighted by Crippen LogP contribution is -2.31. The Morgan fingerprint density at radius 2 is 1.67 bits per heavy atom. The van der Waals surface area contributed by atoms with Crippen molar-refractivity contribution < 1.29 is 20.1 Å². The summed E-state index contributed by atoms with van der Waals surface area (Å²) < 4.78 is 4.64. The van der Waals surface area contributed by atoms with Crippen LogP contribution in [-0.2, 0) is 4.74 Å². The number of ether oxygens (including phenoxy) is 1. The van der Waals surface area contributed by atoms with Crippen molar-refractivity contribution in [2.24, 2.45) is 0 Å². The Hall–Kier alpha value is -0.160. The van der Waals surface area contributed by atoms with Gasteiger partial charge in [-0.25, -0.2) is 0 Å². The molecule has 9 heavy (non-hydrogen) atoms. The van der Waals surface area contributed by atoms with Crippen molar-refractivity contribution in [3.8, 4) is 0 Å². The van der Waals surface area contributed by atoms with Gasteiger partial charge in [-0.3, -0.25) is 0 Å². The molecule has 3 N–H and O–H groups in total. The normalized spacial score (nSPS) is 52.0. The van der Waals surface area contributed by atoms with E-state index in [1.165, 1.54) is 0 Å². The van der Waals surface area contributed by atoms with E-state index in [-0.39, 0.29) is 0 Å². The summed E-state index contributed by atoms with van der Waals surface area (Å²) in [5.74, 6) is 0. The standard InChI is InChI=1S/C5H10O4/c1-2-3(6)4(7)5(8)9-2/h2-8H,1H3/t2-,3-,4+,5?/m1/s1. The van der Waals surface area contributed by atoms with Gasteiger partial charge in [0.2, 0.25) is 0 Å². The van der Waals surface area contributed by atoms with Gasteiger partial charge >= 0.3 is 0 Å². The Labute approximate surface area is 52.7 Å². The fourth-order valence-electron chi connectivity index (χ4n) is 0.827. The van der Waals surface area contributed by atoms with Gasteiger partial charge < -0.3 is 20.1 Å². The summed E-state index contributed by atoms with van der Waals surface area (Å²) in [4.78, 5) is 0. The zero-order chi connectivity index (χ0) is 7.02. The fraction of sp³-hybridized carbons (Fsp3) is 1.00. The molecule has 0 aromatic carbocycles. The minimum Gasteiger partial charge on any atom is -0.388 e. The molecule has 1 rings (SSSR count). The van der Waals surface area contributed by atoms with E-state index in [1.54, 1.807) is 6.92 Å². The third-order valence-corrected chi connectivity index (χ3v) is 1.48. The van der Waals surface area contributed by atoms with Crippen LogP contribution in [0.2, 0.25) is 0 Å². The van der Waals surface area contributed by atoms with Crippen LogP contribution in [0.3, 0.4) is 0 Å². The minimum atomic E-state index is -1.23. The Morgan fingerprint density at radius 3 is 1.78 bits per heavy atom. The summed E-state index contributed by atoms with van der Waals surface area (Å²) in [6.45, 7) is 1.59. The lowest BCUT2D eigenvalue weighted by Gasteiger charge is -2.07. The molecule has 54 valence electrons. The Morgan fingerprint density at radius 1 is 1.11 bits per heavy atom. The van der Waals surface area contributed by atoms with Crippen LogP contribution in [0.15, 0.2) is 0 Å². The first-order valence-electron chi connectivity index (χ1n) is 2.82. The molecule has 0 aromatic heterocycles. The van der Waals surface area contributed by atoms with Crippen molar-refractivity contribution in [1.82, 2.24) is 0 Å². The van der Waals surface area contributed by atoms with Crippen molar-refractivity contribution in [2.45, 2.75) is 31.5 Å². The highest BCUT2D eigenvalue weighted by molar-refractivity contribution is 4.82. The molecule has 1 aliphatic rings. The quantitative estimate of drug-likeness (QED) is 0.375. The Balaban J connectivity index is 2.54. The van der Waals surface area contributed by atoms with Gasteiger partial charge in [-0.05, 0) is 6.92 Å². The van der Waals surface area contributed by atoms with Crippen molar-refractivity contribution in [3.63, 3.8) is 0 Å². The van der Waals surface area contributed by atoms with Gasteiger partial charge in [-0.15, -0.1) is 0 Å². The van der Waals surface area contributed by atoms with Crippen molar-refractivity contribution >= 4 is 0 Å². The van der Waals surface area contributed by atoms with Crippen LogP contribution >= 0.6 is 0 Å². The molecule has 1 fully saturated rings. The van der Waals surface area contributed by atoms with Crippen LogP contribution in [0.1, 0.15) is 6.92 Å². The highest BCUT2D eigenvalue weighted by Crippen LogP contribution is 2.18. The molecule has 4 atom stereocenters. The van der Waals surface area contributed by atoms with Gasteiger partial charge in [0, 0.05) is 0 Å². The molecule has 1 heterocycles. The van der Waals surface area contributed by atoms with E-state index in [4.69, 9.17) is 15.3 Å². The van der Waals surface area contributed by atoms with Gasteiger partial charge in [-0.1, -0.05) is 0 Å². The van der Waals surface area contributed by atoms with Crippen molar-refractivity contribution in [1.29, 1.82) is 0 Å². The largest absolute Gasteiger partial charge is 0.388 e. The van der Waals surface area contributed by atoms with Crippen molar-refractivity contribution in [2.75, 3.05) is 0 Å². The number of aliphatic hydroxyl groups is 3. The summed E-state index contributed by atoms with van der Waals surface area (Å²) in [6, 6.07) is 0. The number of rotatable bonds is 0. The Bertz CT molecular complexity index is 93.1. The fourth-order valence-corrected chi connectivity index (χ4v) is 0.827. The lowest BCUT2D eigenvalue weighted by atomic mass is 10.2. The molecule has 0 aromatic rings. The molecule has 0 saturated carbocycles. The van der Waals surface area contributed by atoms with E-state index < -0.39 is 24.6 Å². The van der Waals surface area contributed by atoms with E-state index in [9.17, 15) is 0 Å². The maximum absolute atomic E-state index is 8.90. The van der Waals surface area contributed by atoms with E-state index in [2.05, 4.69) is 4.74 Å². The average molecular weight is 134 g/mol. The van der Waals surface area contributed by atoms with Gasteiger partial charge in [-0.2, -0.15) is 0 Å². The summed E-state index contributed by atoms with van der Waals surface area (Å²) in [7, 11) is 0. The first-order chi connectivity index (χ1) is 4.13. The predicted octanol–water partition coefficient (Wildman–Crippen LogP) is -1.55. The average Bonchev–Trinajstić information content (AvgIpc) is 1.98.